The summed E-state index contributed by atoms with van der Waals surface area (Å²) in [5.74, 6) is -0.332. The SMILES string of the molecule is O=C1c2cnc3n[nH]c(-c4ccc(F)cc4)c3c2C(=O)N1c1ccc2c(c1)OCCO2. The maximum absolute atomic E-state index is 13.4. The quantitative estimate of drug-likeness (QED) is 0.504. The van der Waals surface area contributed by atoms with Crippen LogP contribution in [0.1, 0.15) is 20.7 Å². The zero-order valence-electron chi connectivity index (χ0n) is 15.9. The van der Waals surface area contributed by atoms with Gasteiger partial charge in [-0.2, -0.15) is 5.10 Å². The number of aromatic amines is 1. The second-order valence-corrected chi connectivity index (χ2v) is 7.12. The predicted molar refractivity (Wildman–Crippen MR) is 108 cm³/mol. The van der Waals surface area contributed by atoms with Crippen LogP contribution in [0.5, 0.6) is 11.5 Å². The van der Waals surface area contributed by atoms with E-state index in [4.69, 9.17) is 9.47 Å². The van der Waals surface area contributed by atoms with Crippen molar-refractivity contribution in [3.05, 3.63) is 65.6 Å². The number of fused-ring (bicyclic) bond motifs is 4. The molecule has 1 N–H and O–H groups in total. The van der Waals surface area contributed by atoms with Crippen LogP contribution in [0, 0.1) is 5.82 Å². The fourth-order valence-corrected chi connectivity index (χ4v) is 3.93. The van der Waals surface area contributed by atoms with E-state index in [1.807, 2.05) is 0 Å². The highest BCUT2D eigenvalue weighted by Crippen LogP contribution is 2.39. The van der Waals surface area contributed by atoms with Gasteiger partial charge >= 0.3 is 0 Å². The predicted octanol–water partition coefficient (Wildman–Crippen LogP) is 3.34. The molecule has 4 aromatic rings. The molecule has 0 saturated heterocycles. The lowest BCUT2D eigenvalue weighted by Gasteiger charge is -2.21. The number of carbonyl (C=O) groups is 2. The van der Waals surface area contributed by atoms with Crippen molar-refractivity contribution < 1.29 is 23.5 Å². The first-order valence-electron chi connectivity index (χ1n) is 9.53. The van der Waals surface area contributed by atoms with Gasteiger partial charge in [-0.3, -0.25) is 14.7 Å². The van der Waals surface area contributed by atoms with Gasteiger partial charge in [-0.05, 0) is 36.4 Å². The van der Waals surface area contributed by atoms with E-state index in [2.05, 4.69) is 15.2 Å². The first-order valence-corrected chi connectivity index (χ1v) is 9.53. The Morgan fingerprint density at radius 1 is 0.968 bits per heavy atom. The summed E-state index contributed by atoms with van der Waals surface area (Å²) in [7, 11) is 0. The van der Waals surface area contributed by atoms with E-state index in [-0.39, 0.29) is 16.9 Å². The van der Waals surface area contributed by atoms with Crippen LogP contribution in [0.15, 0.2) is 48.7 Å². The molecule has 0 fully saturated rings. The van der Waals surface area contributed by atoms with Crippen LogP contribution >= 0.6 is 0 Å². The van der Waals surface area contributed by atoms with Crippen molar-refractivity contribution in [3.8, 4) is 22.8 Å². The largest absolute Gasteiger partial charge is 0.486 e. The lowest BCUT2D eigenvalue weighted by molar-refractivity contribution is 0.0926. The Hall–Kier alpha value is -4.27. The second kappa shape index (κ2) is 6.36. The number of ether oxygens (including phenoxy) is 2. The minimum Gasteiger partial charge on any atom is -0.486 e. The van der Waals surface area contributed by atoms with E-state index in [0.29, 0.717) is 52.7 Å². The van der Waals surface area contributed by atoms with Crippen molar-refractivity contribution >= 4 is 28.5 Å². The Labute approximate surface area is 174 Å². The molecule has 0 atom stereocenters. The van der Waals surface area contributed by atoms with Crippen molar-refractivity contribution in [1.82, 2.24) is 15.2 Å². The average molecular weight is 416 g/mol. The highest BCUT2D eigenvalue weighted by molar-refractivity contribution is 6.38. The van der Waals surface area contributed by atoms with Crippen molar-refractivity contribution in [2.75, 3.05) is 18.1 Å². The smallest absolute Gasteiger partial charge is 0.267 e. The third-order valence-corrected chi connectivity index (χ3v) is 5.35. The van der Waals surface area contributed by atoms with Crippen molar-refractivity contribution in [1.29, 1.82) is 0 Å². The van der Waals surface area contributed by atoms with E-state index in [1.165, 1.54) is 18.3 Å². The minimum atomic E-state index is -0.492. The van der Waals surface area contributed by atoms with Gasteiger partial charge in [0.1, 0.15) is 19.0 Å². The molecule has 2 aliphatic rings. The summed E-state index contributed by atoms with van der Waals surface area (Å²) < 4.78 is 24.5. The van der Waals surface area contributed by atoms with Gasteiger partial charge in [0.05, 0.1) is 27.9 Å². The number of nitrogens with zero attached hydrogens (tertiary/aromatic N) is 3. The molecular formula is C22H13FN4O4. The summed E-state index contributed by atoms with van der Waals surface area (Å²) >= 11 is 0. The molecule has 8 nitrogen and oxygen atoms in total. The molecule has 0 spiro atoms. The summed E-state index contributed by atoms with van der Waals surface area (Å²) in [6, 6.07) is 10.7. The molecule has 0 saturated carbocycles. The third kappa shape index (κ3) is 2.53. The number of imide groups is 1. The molecule has 2 aliphatic heterocycles. The summed E-state index contributed by atoms with van der Waals surface area (Å²) in [5, 5.41) is 7.44. The number of amides is 2. The van der Waals surface area contributed by atoms with E-state index in [9.17, 15) is 14.0 Å². The number of hydrogen-bond acceptors (Lipinski definition) is 6. The van der Waals surface area contributed by atoms with Crippen LogP contribution in [-0.2, 0) is 0 Å². The Bertz CT molecular complexity index is 1400. The summed E-state index contributed by atoms with van der Waals surface area (Å²) in [6.07, 6.45) is 1.35. The first-order chi connectivity index (χ1) is 15.1. The van der Waals surface area contributed by atoms with Gasteiger partial charge in [-0.25, -0.2) is 14.3 Å². The van der Waals surface area contributed by atoms with Gasteiger partial charge in [0, 0.05) is 17.8 Å². The van der Waals surface area contributed by atoms with Gasteiger partial charge in [0.2, 0.25) is 0 Å². The van der Waals surface area contributed by atoms with E-state index in [1.54, 1.807) is 30.3 Å². The topological polar surface area (TPSA) is 97.4 Å². The molecule has 31 heavy (non-hydrogen) atoms. The molecule has 9 heteroatoms. The standard InChI is InChI=1S/C22H13FN4O4/c23-12-3-1-11(2-4-12)19-18-17-14(10-24-20(18)26-25-19)21(28)27(22(17)29)13-5-6-15-16(9-13)31-8-7-30-15/h1-6,9-10H,7-8H2,(H,24,25,26). The molecule has 2 aromatic heterocycles. The highest BCUT2D eigenvalue weighted by Gasteiger charge is 2.40. The van der Waals surface area contributed by atoms with Crippen LogP contribution in [0.4, 0.5) is 10.1 Å². The summed E-state index contributed by atoms with van der Waals surface area (Å²) in [6.45, 7) is 0.828. The normalized spacial score (nSPS) is 14.9. The lowest BCUT2D eigenvalue weighted by atomic mass is 10.0. The molecule has 4 heterocycles. The van der Waals surface area contributed by atoms with Crippen LogP contribution in [-0.4, -0.2) is 40.2 Å². The minimum absolute atomic E-state index is 0.178. The third-order valence-electron chi connectivity index (χ3n) is 5.35. The number of carbonyl (C=O) groups excluding carboxylic acids is 2. The number of hydrogen-bond donors (Lipinski definition) is 1. The van der Waals surface area contributed by atoms with Crippen LogP contribution < -0.4 is 14.4 Å². The maximum atomic E-state index is 13.4. The van der Waals surface area contributed by atoms with Crippen molar-refractivity contribution in [2.24, 2.45) is 0 Å². The van der Waals surface area contributed by atoms with E-state index < -0.39 is 11.8 Å². The number of nitrogens with one attached hydrogen (secondary N) is 1. The van der Waals surface area contributed by atoms with Gasteiger partial charge in [-0.1, -0.05) is 0 Å². The molecule has 6 rings (SSSR count). The Balaban J connectivity index is 1.51. The lowest BCUT2D eigenvalue weighted by Crippen LogP contribution is -2.29. The molecule has 152 valence electrons. The maximum Gasteiger partial charge on any atom is 0.267 e. The molecule has 0 unspecified atom stereocenters. The highest BCUT2D eigenvalue weighted by atomic mass is 19.1. The fraction of sp³-hybridized carbons (Fsp3) is 0.0909. The van der Waals surface area contributed by atoms with E-state index in [0.717, 1.165) is 4.90 Å². The Morgan fingerprint density at radius 3 is 2.55 bits per heavy atom. The monoisotopic (exact) mass is 416 g/mol. The summed E-state index contributed by atoms with van der Waals surface area (Å²) in [4.78, 5) is 31.9. The Kier molecular flexibility index (Phi) is 3.61. The number of pyridine rings is 1. The average Bonchev–Trinajstić information content (AvgIpc) is 3.33. The summed E-state index contributed by atoms with van der Waals surface area (Å²) in [5.41, 5.74) is 2.16. The van der Waals surface area contributed by atoms with Gasteiger partial charge in [-0.15, -0.1) is 0 Å². The second-order valence-electron chi connectivity index (χ2n) is 7.12. The molecule has 0 bridgehead atoms. The van der Waals surface area contributed by atoms with Gasteiger partial charge in [0.15, 0.2) is 17.1 Å². The molecular weight excluding hydrogens is 403 g/mol. The number of H-pyrrole nitrogens is 1. The number of aromatic nitrogens is 3. The Morgan fingerprint density at radius 2 is 1.74 bits per heavy atom. The van der Waals surface area contributed by atoms with Crippen LogP contribution in [0.3, 0.4) is 0 Å². The number of anilines is 1. The van der Waals surface area contributed by atoms with Crippen molar-refractivity contribution in [3.63, 3.8) is 0 Å². The van der Waals surface area contributed by atoms with Gasteiger partial charge < -0.3 is 9.47 Å². The number of halogens is 1. The molecule has 2 aromatic carbocycles. The zero-order valence-corrected chi connectivity index (χ0v) is 15.9. The number of rotatable bonds is 2. The number of benzene rings is 2. The van der Waals surface area contributed by atoms with E-state index >= 15 is 0 Å². The zero-order chi connectivity index (χ0) is 21.1. The van der Waals surface area contributed by atoms with Crippen molar-refractivity contribution in [2.45, 2.75) is 0 Å². The molecule has 2 amide bonds. The first kappa shape index (κ1) is 17.6. The molecule has 0 aliphatic carbocycles. The fourth-order valence-electron chi connectivity index (χ4n) is 3.93. The molecule has 0 radical (unpaired) electrons. The van der Waals surface area contributed by atoms with Crippen LogP contribution in [0.2, 0.25) is 0 Å². The van der Waals surface area contributed by atoms with Crippen LogP contribution in [0.25, 0.3) is 22.3 Å². The van der Waals surface area contributed by atoms with Gasteiger partial charge in [0.25, 0.3) is 11.8 Å².